The Morgan fingerprint density at radius 2 is 2.29 bits per heavy atom. The zero-order valence-corrected chi connectivity index (χ0v) is 11.0. The molecule has 0 saturated heterocycles. The summed E-state index contributed by atoms with van der Waals surface area (Å²) < 4.78 is 4.90. The molecule has 0 saturated carbocycles. The van der Waals surface area contributed by atoms with Gasteiger partial charge in [0.25, 0.3) is 0 Å². The Hall–Kier alpha value is -1.47. The molecule has 0 radical (unpaired) electrons. The van der Waals surface area contributed by atoms with Gasteiger partial charge < -0.3 is 10.5 Å². The SMILES string of the molecule is CCOC(=O)c1nc(C)c(-c2csc(N)n2)s1. The predicted molar refractivity (Wildman–Crippen MR) is 68.3 cm³/mol. The fraction of sp³-hybridized carbons (Fsp3) is 0.300. The van der Waals surface area contributed by atoms with Crippen LogP contribution in [0.5, 0.6) is 0 Å². The van der Waals surface area contributed by atoms with Gasteiger partial charge in [0, 0.05) is 5.38 Å². The monoisotopic (exact) mass is 269 g/mol. The van der Waals surface area contributed by atoms with E-state index >= 15 is 0 Å². The molecule has 0 bridgehead atoms. The normalized spacial score (nSPS) is 10.5. The van der Waals surface area contributed by atoms with Crippen molar-refractivity contribution in [2.45, 2.75) is 13.8 Å². The third-order valence-electron chi connectivity index (χ3n) is 2.00. The second-order valence-electron chi connectivity index (χ2n) is 3.23. The van der Waals surface area contributed by atoms with Gasteiger partial charge in [-0.2, -0.15) is 0 Å². The van der Waals surface area contributed by atoms with Crippen molar-refractivity contribution in [3.63, 3.8) is 0 Å². The zero-order chi connectivity index (χ0) is 12.4. The van der Waals surface area contributed by atoms with Crippen LogP contribution in [0.25, 0.3) is 10.6 Å². The third-order valence-corrected chi connectivity index (χ3v) is 3.84. The van der Waals surface area contributed by atoms with E-state index in [1.807, 2.05) is 12.3 Å². The first-order valence-corrected chi connectivity index (χ1v) is 6.67. The first kappa shape index (κ1) is 12.0. The number of hydrogen-bond donors (Lipinski definition) is 1. The summed E-state index contributed by atoms with van der Waals surface area (Å²) in [6, 6.07) is 0. The average Bonchev–Trinajstić information content (AvgIpc) is 2.85. The Morgan fingerprint density at radius 3 is 2.88 bits per heavy atom. The van der Waals surface area contributed by atoms with E-state index in [4.69, 9.17) is 10.5 Å². The number of esters is 1. The molecule has 2 aromatic heterocycles. The molecule has 0 aliphatic carbocycles. The second kappa shape index (κ2) is 4.80. The maximum atomic E-state index is 11.5. The maximum absolute atomic E-state index is 11.5. The first-order valence-electron chi connectivity index (χ1n) is 4.97. The largest absolute Gasteiger partial charge is 0.461 e. The zero-order valence-electron chi connectivity index (χ0n) is 9.39. The fourth-order valence-electron chi connectivity index (χ4n) is 1.31. The molecule has 0 aliphatic heterocycles. The van der Waals surface area contributed by atoms with Crippen LogP contribution in [-0.2, 0) is 4.74 Å². The van der Waals surface area contributed by atoms with E-state index in [1.165, 1.54) is 22.7 Å². The molecule has 0 aromatic carbocycles. The molecule has 2 rings (SSSR count). The van der Waals surface area contributed by atoms with Gasteiger partial charge in [-0.15, -0.1) is 22.7 Å². The lowest BCUT2D eigenvalue weighted by Gasteiger charge is -1.95. The summed E-state index contributed by atoms with van der Waals surface area (Å²) in [5.41, 5.74) is 7.11. The number of ether oxygens (including phenoxy) is 1. The summed E-state index contributed by atoms with van der Waals surface area (Å²) in [6.07, 6.45) is 0. The van der Waals surface area contributed by atoms with Crippen molar-refractivity contribution in [3.05, 3.63) is 16.1 Å². The topological polar surface area (TPSA) is 78.1 Å². The van der Waals surface area contributed by atoms with Crippen LogP contribution in [0.4, 0.5) is 5.13 Å². The third kappa shape index (κ3) is 2.45. The average molecular weight is 269 g/mol. The number of anilines is 1. The molecular formula is C10H11N3O2S2. The Kier molecular flexibility index (Phi) is 3.39. The van der Waals surface area contributed by atoms with Gasteiger partial charge in [0.15, 0.2) is 5.13 Å². The van der Waals surface area contributed by atoms with Crippen LogP contribution >= 0.6 is 22.7 Å². The lowest BCUT2D eigenvalue weighted by molar-refractivity contribution is 0.0526. The van der Waals surface area contributed by atoms with Gasteiger partial charge in [0.05, 0.1) is 22.9 Å². The summed E-state index contributed by atoms with van der Waals surface area (Å²) in [5, 5.41) is 2.71. The van der Waals surface area contributed by atoms with Crippen LogP contribution < -0.4 is 5.73 Å². The van der Waals surface area contributed by atoms with E-state index < -0.39 is 5.97 Å². The summed E-state index contributed by atoms with van der Waals surface area (Å²) >= 11 is 2.64. The van der Waals surface area contributed by atoms with Crippen LogP contribution in [0.15, 0.2) is 5.38 Å². The molecule has 5 nitrogen and oxygen atoms in total. The molecule has 2 heterocycles. The first-order chi connectivity index (χ1) is 8.11. The van der Waals surface area contributed by atoms with E-state index in [1.54, 1.807) is 6.92 Å². The number of nitrogens with two attached hydrogens (primary N) is 1. The Morgan fingerprint density at radius 1 is 1.53 bits per heavy atom. The Labute approximate surface area is 106 Å². The van der Waals surface area contributed by atoms with Gasteiger partial charge in [-0.25, -0.2) is 14.8 Å². The molecule has 2 N–H and O–H groups in total. The van der Waals surface area contributed by atoms with Crippen LogP contribution in [0, 0.1) is 6.92 Å². The molecule has 0 fully saturated rings. The number of thiazole rings is 2. The predicted octanol–water partition coefficient (Wildman–Crippen LogP) is 2.33. The number of carbonyl (C=O) groups excluding carboxylic acids is 1. The van der Waals surface area contributed by atoms with Crippen molar-refractivity contribution < 1.29 is 9.53 Å². The second-order valence-corrected chi connectivity index (χ2v) is 5.11. The van der Waals surface area contributed by atoms with Crippen molar-refractivity contribution in [1.29, 1.82) is 0 Å². The van der Waals surface area contributed by atoms with Gasteiger partial charge in [0.2, 0.25) is 5.01 Å². The molecule has 7 heteroatoms. The number of aryl methyl sites for hydroxylation is 1. The highest BCUT2D eigenvalue weighted by molar-refractivity contribution is 7.18. The molecular weight excluding hydrogens is 258 g/mol. The number of aromatic nitrogens is 2. The smallest absolute Gasteiger partial charge is 0.367 e. The molecule has 90 valence electrons. The van der Waals surface area contributed by atoms with Crippen molar-refractivity contribution in [3.8, 4) is 10.6 Å². The van der Waals surface area contributed by atoms with E-state index in [0.717, 1.165) is 16.3 Å². The lowest BCUT2D eigenvalue weighted by Crippen LogP contribution is -2.03. The minimum absolute atomic E-state index is 0.344. The number of carbonyl (C=O) groups is 1. The number of hydrogen-bond acceptors (Lipinski definition) is 7. The Bertz CT molecular complexity index is 547. The van der Waals surface area contributed by atoms with Crippen LogP contribution in [0.2, 0.25) is 0 Å². The fourth-order valence-corrected chi connectivity index (χ4v) is 2.86. The lowest BCUT2D eigenvalue weighted by atomic mass is 10.3. The molecule has 17 heavy (non-hydrogen) atoms. The van der Waals surface area contributed by atoms with Crippen LogP contribution in [0.1, 0.15) is 22.4 Å². The molecule has 2 aromatic rings. The highest BCUT2D eigenvalue weighted by atomic mass is 32.1. The number of rotatable bonds is 3. The van der Waals surface area contributed by atoms with Gasteiger partial charge in [0.1, 0.15) is 0 Å². The standard InChI is InChI=1S/C10H11N3O2S2/c1-3-15-9(14)8-12-5(2)7(17-8)6-4-16-10(11)13-6/h4H,3H2,1-2H3,(H2,11,13). The van der Waals surface area contributed by atoms with Crippen molar-refractivity contribution in [2.24, 2.45) is 0 Å². The molecule has 0 atom stereocenters. The summed E-state index contributed by atoms with van der Waals surface area (Å²) in [7, 11) is 0. The van der Waals surface area contributed by atoms with Crippen molar-refractivity contribution in [2.75, 3.05) is 12.3 Å². The highest BCUT2D eigenvalue weighted by Gasteiger charge is 2.17. The summed E-state index contributed by atoms with van der Waals surface area (Å²) in [6.45, 7) is 3.95. The highest BCUT2D eigenvalue weighted by Crippen LogP contribution is 2.31. The number of nitrogens with zero attached hydrogens (tertiary/aromatic N) is 2. The maximum Gasteiger partial charge on any atom is 0.367 e. The minimum atomic E-state index is -0.393. The van der Waals surface area contributed by atoms with E-state index in [-0.39, 0.29) is 0 Å². The van der Waals surface area contributed by atoms with E-state index in [2.05, 4.69) is 9.97 Å². The van der Waals surface area contributed by atoms with Gasteiger partial charge in [-0.1, -0.05) is 0 Å². The minimum Gasteiger partial charge on any atom is -0.461 e. The number of nitrogen functional groups attached to an aromatic ring is 1. The summed E-state index contributed by atoms with van der Waals surface area (Å²) in [4.78, 5) is 20.7. The molecule has 0 spiro atoms. The molecule has 0 amide bonds. The summed E-state index contributed by atoms with van der Waals surface area (Å²) in [5.74, 6) is -0.393. The van der Waals surface area contributed by atoms with Gasteiger partial charge in [-0.05, 0) is 13.8 Å². The van der Waals surface area contributed by atoms with Crippen LogP contribution in [0.3, 0.4) is 0 Å². The van der Waals surface area contributed by atoms with Crippen molar-refractivity contribution in [1.82, 2.24) is 9.97 Å². The Balaban J connectivity index is 2.34. The van der Waals surface area contributed by atoms with Gasteiger partial charge >= 0.3 is 5.97 Å². The van der Waals surface area contributed by atoms with Crippen molar-refractivity contribution >= 4 is 33.8 Å². The van der Waals surface area contributed by atoms with Gasteiger partial charge in [-0.3, -0.25) is 0 Å². The molecule has 0 aliphatic rings. The van der Waals surface area contributed by atoms with Crippen LogP contribution in [-0.4, -0.2) is 22.5 Å². The van der Waals surface area contributed by atoms with E-state index in [9.17, 15) is 4.79 Å². The molecule has 0 unspecified atom stereocenters. The van der Waals surface area contributed by atoms with E-state index in [0.29, 0.717) is 16.7 Å². The quantitative estimate of drug-likeness (QED) is 0.865.